The molecule has 1 aromatic carbocycles. The predicted molar refractivity (Wildman–Crippen MR) is 71.9 cm³/mol. The number of rotatable bonds is 3. The molecule has 0 fully saturated rings. The zero-order chi connectivity index (χ0) is 13.3. The molecule has 1 heterocycles. The van der Waals surface area contributed by atoms with Crippen molar-refractivity contribution in [2.75, 3.05) is 0 Å². The number of hydrogen-bond donors (Lipinski definition) is 1. The van der Waals surface area contributed by atoms with Crippen LogP contribution in [0.3, 0.4) is 0 Å². The summed E-state index contributed by atoms with van der Waals surface area (Å²) in [6, 6.07) is 6.11. The fourth-order valence-corrected chi connectivity index (χ4v) is 2.38. The molecule has 0 saturated carbocycles. The molecule has 0 aliphatic heterocycles. The molecule has 1 N–H and O–H groups in total. The van der Waals surface area contributed by atoms with Gasteiger partial charge in [0.2, 0.25) is 0 Å². The van der Waals surface area contributed by atoms with Gasteiger partial charge in [-0.2, -0.15) is 0 Å². The third-order valence-electron chi connectivity index (χ3n) is 3.40. The van der Waals surface area contributed by atoms with Crippen LogP contribution < -0.4 is 0 Å². The van der Waals surface area contributed by atoms with Gasteiger partial charge in [0, 0.05) is 17.5 Å². The Morgan fingerprint density at radius 2 is 2.00 bits per heavy atom. The molecule has 0 saturated heterocycles. The Kier molecular flexibility index (Phi) is 3.32. The Morgan fingerprint density at radius 1 is 1.28 bits per heavy atom. The summed E-state index contributed by atoms with van der Waals surface area (Å²) in [5.41, 5.74) is 5.34. The lowest BCUT2D eigenvalue weighted by Gasteiger charge is -2.12. The van der Waals surface area contributed by atoms with E-state index >= 15 is 0 Å². The van der Waals surface area contributed by atoms with Crippen LogP contribution >= 0.6 is 0 Å². The highest BCUT2D eigenvalue weighted by Crippen LogP contribution is 2.25. The number of benzene rings is 1. The number of para-hydroxylation sites is 1. The number of hydrogen-bond acceptors (Lipinski definition) is 2. The van der Waals surface area contributed by atoms with E-state index in [0.717, 1.165) is 33.3 Å². The number of carboxylic acids is 1. The highest BCUT2D eigenvalue weighted by molar-refractivity contribution is 5.86. The minimum atomic E-state index is -0.766. The van der Waals surface area contributed by atoms with E-state index in [1.54, 1.807) is 0 Å². The lowest BCUT2D eigenvalue weighted by molar-refractivity contribution is -0.136. The van der Waals surface area contributed by atoms with Crippen molar-refractivity contribution in [2.45, 2.75) is 33.6 Å². The van der Waals surface area contributed by atoms with E-state index in [0.29, 0.717) is 6.42 Å². The summed E-state index contributed by atoms with van der Waals surface area (Å²) in [7, 11) is 0. The number of aryl methyl sites for hydroxylation is 3. The second-order valence-corrected chi connectivity index (χ2v) is 4.67. The predicted octanol–water partition coefficient (Wildman–Crippen LogP) is 3.18. The first-order valence-corrected chi connectivity index (χ1v) is 6.08. The van der Waals surface area contributed by atoms with Crippen molar-refractivity contribution in [3.63, 3.8) is 0 Å². The van der Waals surface area contributed by atoms with Gasteiger partial charge in [-0.3, -0.25) is 9.78 Å². The SMILES string of the molecule is Cc1nc2c(C)cccc2c(C)c1CCC(=O)O. The molecule has 18 heavy (non-hydrogen) atoms. The highest BCUT2D eigenvalue weighted by atomic mass is 16.4. The zero-order valence-electron chi connectivity index (χ0n) is 10.9. The van der Waals surface area contributed by atoms with Crippen LogP contribution in [0.5, 0.6) is 0 Å². The summed E-state index contributed by atoms with van der Waals surface area (Å²) in [5.74, 6) is -0.766. The van der Waals surface area contributed by atoms with Gasteiger partial charge in [0.25, 0.3) is 0 Å². The Hall–Kier alpha value is -1.90. The third-order valence-corrected chi connectivity index (χ3v) is 3.40. The van der Waals surface area contributed by atoms with Gasteiger partial charge in [0.1, 0.15) is 0 Å². The average molecular weight is 243 g/mol. The first-order valence-electron chi connectivity index (χ1n) is 6.08. The fourth-order valence-electron chi connectivity index (χ4n) is 2.38. The van der Waals surface area contributed by atoms with Gasteiger partial charge < -0.3 is 5.11 Å². The molecule has 2 aromatic rings. The second-order valence-electron chi connectivity index (χ2n) is 4.67. The summed E-state index contributed by atoms with van der Waals surface area (Å²) in [5, 5.41) is 9.92. The second kappa shape index (κ2) is 4.77. The standard InChI is InChI=1S/C15H17NO2/c1-9-5-4-6-13-10(2)12(7-8-14(17)18)11(3)16-15(9)13/h4-6H,7-8H2,1-3H3,(H,17,18). The number of nitrogens with zero attached hydrogens (tertiary/aromatic N) is 1. The van der Waals surface area contributed by atoms with E-state index in [4.69, 9.17) is 5.11 Å². The van der Waals surface area contributed by atoms with Crippen LogP contribution in [0.1, 0.15) is 28.8 Å². The average Bonchev–Trinajstić information content (AvgIpc) is 2.30. The largest absolute Gasteiger partial charge is 0.481 e. The molecule has 0 aliphatic carbocycles. The fraction of sp³-hybridized carbons (Fsp3) is 0.333. The monoisotopic (exact) mass is 243 g/mol. The summed E-state index contributed by atoms with van der Waals surface area (Å²) in [6.45, 7) is 6.05. The molecule has 0 bridgehead atoms. The Labute approximate surface area is 106 Å². The van der Waals surface area contributed by atoms with Gasteiger partial charge in [-0.1, -0.05) is 18.2 Å². The maximum Gasteiger partial charge on any atom is 0.303 e. The van der Waals surface area contributed by atoms with Crippen molar-refractivity contribution >= 4 is 16.9 Å². The molecule has 0 amide bonds. The molecule has 3 nitrogen and oxygen atoms in total. The molecule has 0 radical (unpaired) electrons. The van der Waals surface area contributed by atoms with Gasteiger partial charge in [-0.25, -0.2) is 0 Å². The molecule has 0 atom stereocenters. The smallest absolute Gasteiger partial charge is 0.303 e. The molecule has 0 spiro atoms. The normalized spacial score (nSPS) is 10.8. The highest BCUT2D eigenvalue weighted by Gasteiger charge is 2.11. The van der Waals surface area contributed by atoms with Crippen LogP contribution in [0.4, 0.5) is 0 Å². The van der Waals surface area contributed by atoms with E-state index in [1.165, 1.54) is 0 Å². The summed E-state index contributed by atoms with van der Waals surface area (Å²) in [6.07, 6.45) is 0.699. The molecular formula is C15H17NO2. The van der Waals surface area contributed by atoms with Crippen LogP contribution in [-0.2, 0) is 11.2 Å². The van der Waals surface area contributed by atoms with Crippen molar-refractivity contribution in [3.8, 4) is 0 Å². The van der Waals surface area contributed by atoms with Crippen LogP contribution in [-0.4, -0.2) is 16.1 Å². The summed E-state index contributed by atoms with van der Waals surface area (Å²) >= 11 is 0. The molecular weight excluding hydrogens is 226 g/mol. The van der Waals surface area contributed by atoms with Crippen molar-refractivity contribution in [1.29, 1.82) is 0 Å². The zero-order valence-corrected chi connectivity index (χ0v) is 10.9. The molecule has 94 valence electrons. The van der Waals surface area contributed by atoms with Gasteiger partial charge in [0.05, 0.1) is 5.52 Å². The van der Waals surface area contributed by atoms with Gasteiger partial charge in [0.15, 0.2) is 0 Å². The molecule has 2 rings (SSSR count). The number of pyridine rings is 1. The minimum Gasteiger partial charge on any atom is -0.481 e. The first kappa shape index (κ1) is 12.6. The van der Waals surface area contributed by atoms with E-state index in [1.807, 2.05) is 39.0 Å². The number of carboxylic acid groups (broad SMARTS) is 1. The Balaban J connectivity index is 2.58. The van der Waals surface area contributed by atoms with Crippen LogP contribution in [0.2, 0.25) is 0 Å². The van der Waals surface area contributed by atoms with Crippen molar-refractivity contribution in [1.82, 2.24) is 4.98 Å². The topological polar surface area (TPSA) is 50.2 Å². The summed E-state index contributed by atoms with van der Waals surface area (Å²) < 4.78 is 0. The number of aliphatic carboxylic acids is 1. The van der Waals surface area contributed by atoms with E-state index in [9.17, 15) is 4.79 Å². The quantitative estimate of drug-likeness (QED) is 0.900. The minimum absolute atomic E-state index is 0.153. The molecule has 3 heteroatoms. The number of carbonyl (C=O) groups is 1. The maximum atomic E-state index is 10.7. The maximum absolute atomic E-state index is 10.7. The van der Waals surface area contributed by atoms with E-state index in [2.05, 4.69) is 4.98 Å². The van der Waals surface area contributed by atoms with Crippen LogP contribution in [0, 0.1) is 20.8 Å². The first-order chi connectivity index (χ1) is 8.50. The lowest BCUT2D eigenvalue weighted by Crippen LogP contribution is -2.03. The molecule has 0 aliphatic rings. The van der Waals surface area contributed by atoms with Crippen molar-refractivity contribution in [3.05, 3.63) is 40.6 Å². The lowest BCUT2D eigenvalue weighted by atomic mass is 9.97. The molecule has 1 aromatic heterocycles. The van der Waals surface area contributed by atoms with Gasteiger partial charge in [-0.05, 0) is 43.9 Å². The van der Waals surface area contributed by atoms with Crippen LogP contribution in [0.15, 0.2) is 18.2 Å². The molecule has 0 unspecified atom stereocenters. The number of fused-ring (bicyclic) bond motifs is 1. The van der Waals surface area contributed by atoms with E-state index < -0.39 is 5.97 Å². The van der Waals surface area contributed by atoms with Crippen molar-refractivity contribution in [2.24, 2.45) is 0 Å². The summed E-state index contributed by atoms with van der Waals surface area (Å²) in [4.78, 5) is 15.3. The third kappa shape index (κ3) is 2.21. The Morgan fingerprint density at radius 3 is 2.67 bits per heavy atom. The van der Waals surface area contributed by atoms with Gasteiger partial charge >= 0.3 is 5.97 Å². The van der Waals surface area contributed by atoms with Gasteiger partial charge in [-0.15, -0.1) is 0 Å². The van der Waals surface area contributed by atoms with Crippen molar-refractivity contribution < 1.29 is 9.90 Å². The van der Waals surface area contributed by atoms with E-state index in [-0.39, 0.29) is 6.42 Å². The Bertz CT molecular complexity index is 617. The number of aromatic nitrogens is 1. The van der Waals surface area contributed by atoms with Crippen LogP contribution in [0.25, 0.3) is 10.9 Å².